The maximum atomic E-state index is 13.3. The molecular formula is C19H20ClN3OS. The number of hydrogen-bond donors (Lipinski definition) is 0. The number of nitrogens with zero attached hydrogens (tertiary/aromatic N) is 3. The summed E-state index contributed by atoms with van der Waals surface area (Å²) in [4.78, 5) is 17.5. The van der Waals surface area contributed by atoms with E-state index in [9.17, 15) is 4.79 Å². The van der Waals surface area contributed by atoms with Crippen molar-refractivity contribution in [3.05, 3.63) is 46.3 Å². The Bertz CT molecular complexity index is 972. The molecule has 130 valence electrons. The van der Waals surface area contributed by atoms with Crippen molar-refractivity contribution in [2.24, 2.45) is 16.7 Å². The van der Waals surface area contributed by atoms with Crippen LogP contribution in [-0.4, -0.2) is 19.7 Å². The molecule has 2 heterocycles. The average Bonchev–Trinajstić information content (AvgIpc) is 2.94. The van der Waals surface area contributed by atoms with Gasteiger partial charge >= 0.3 is 0 Å². The summed E-state index contributed by atoms with van der Waals surface area (Å²) in [5, 5.41) is 0.993. The molecule has 1 saturated carbocycles. The van der Waals surface area contributed by atoms with E-state index >= 15 is 0 Å². The minimum Gasteiger partial charge on any atom is -0.339 e. The van der Waals surface area contributed by atoms with E-state index in [-0.39, 0.29) is 22.5 Å². The van der Waals surface area contributed by atoms with E-state index in [0.29, 0.717) is 16.8 Å². The third-order valence-electron chi connectivity index (χ3n) is 6.09. The second kappa shape index (κ2) is 5.39. The lowest BCUT2D eigenvalue weighted by molar-refractivity contribution is 0.0946. The van der Waals surface area contributed by atoms with E-state index in [1.807, 2.05) is 35.0 Å². The lowest BCUT2D eigenvalue weighted by Crippen LogP contribution is -2.07. The Hall–Kier alpha value is -1.72. The van der Waals surface area contributed by atoms with Crippen molar-refractivity contribution in [1.29, 1.82) is 0 Å². The highest BCUT2D eigenvalue weighted by Crippen LogP contribution is 2.69. The van der Waals surface area contributed by atoms with Gasteiger partial charge < -0.3 is 4.57 Å². The van der Waals surface area contributed by atoms with Crippen LogP contribution in [0.1, 0.15) is 43.9 Å². The first-order valence-electron chi connectivity index (χ1n) is 8.33. The van der Waals surface area contributed by atoms with Crippen molar-refractivity contribution >= 4 is 39.8 Å². The number of ketones is 1. The standard InChI is InChI=1S/C19H20ClN3OS/c1-18(2)16(19(18,3)4)15(24)12-9-23(10-14-21-17(20)25-22-14)13-8-6-5-7-11(12)13/h5-9,16H,10H2,1-4H3. The molecule has 4 rings (SSSR count). The van der Waals surface area contributed by atoms with Crippen molar-refractivity contribution in [2.75, 3.05) is 0 Å². The number of halogens is 1. The highest BCUT2D eigenvalue weighted by Gasteiger charge is 2.68. The Morgan fingerprint density at radius 3 is 2.52 bits per heavy atom. The van der Waals surface area contributed by atoms with E-state index in [0.717, 1.165) is 16.5 Å². The molecule has 1 aliphatic rings. The SMILES string of the molecule is CC1(C)C(C(=O)c2cn(Cc3nsc(Cl)n3)c3ccccc23)C1(C)C. The summed E-state index contributed by atoms with van der Waals surface area (Å²) < 4.78 is 6.74. The Morgan fingerprint density at radius 1 is 1.24 bits per heavy atom. The van der Waals surface area contributed by atoms with Crippen LogP contribution < -0.4 is 0 Å². The number of para-hydroxylation sites is 1. The van der Waals surface area contributed by atoms with Gasteiger partial charge in [0.15, 0.2) is 11.6 Å². The predicted molar refractivity (Wildman–Crippen MR) is 101 cm³/mol. The van der Waals surface area contributed by atoms with E-state index in [1.54, 1.807) is 0 Å². The maximum Gasteiger partial charge on any atom is 0.203 e. The van der Waals surface area contributed by atoms with Gasteiger partial charge in [0.25, 0.3) is 0 Å². The summed E-state index contributed by atoms with van der Waals surface area (Å²) >= 11 is 7.08. The van der Waals surface area contributed by atoms with Crippen LogP contribution in [0.5, 0.6) is 0 Å². The summed E-state index contributed by atoms with van der Waals surface area (Å²) in [6.45, 7) is 9.21. The van der Waals surface area contributed by atoms with Crippen LogP contribution in [0, 0.1) is 16.7 Å². The molecule has 0 amide bonds. The van der Waals surface area contributed by atoms with Gasteiger partial charge in [0.2, 0.25) is 4.47 Å². The van der Waals surface area contributed by atoms with Gasteiger partial charge in [-0.3, -0.25) is 4.79 Å². The molecule has 1 aliphatic carbocycles. The van der Waals surface area contributed by atoms with E-state index in [4.69, 9.17) is 11.6 Å². The van der Waals surface area contributed by atoms with Gasteiger partial charge in [0.1, 0.15) is 0 Å². The molecule has 0 radical (unpaired) electrons. The van der Waals surface area contributed by atoms with Gasteiger partial charge in [-0.1, -0.05) is 45.9 Å². The van der Waals surface area contributed by atoms with Crippen molar-refractivity contribution in [2.45, 2.75) is 34.2 Å². The van der Waals surface area contributed by atoms with Gasteiger partial charge in [-0.05, 0) is 40.0 Å². The molecule has 0 atom stereocenters. The number of carbonyl (C=O) groups excluding carboxylic acids is 1. The predicted octanol–water partition coefficient (Wildman–Crippen LogP) is 5.06. The zero-order valence-electron chi connectivity index (χ0n) is 14.7. The maximum absolute atomic E-state index is 13.3. The summed E-state index contributed by atoms with van der Waals surface area (Å²) in [5.41, 5.74) is 1.86. The van der Waals surface area contributed by atoms with Crippen molar-refractivity contribution in [1.82, 2.24) is 13.9 Å². The zero-order chi connectivity index (χ0) is 18.0. The third kappa shape index (κ3) is 2.44. The molecule has 0 bridgehead atoms. The third-order valence-corrected chi connectivity index (χ3v) is 6.93. The number of benzene rings is 1. The number of hydrogen-bond acceptors (Lipinski definition) is 4. The second-order valence-electron chi connectivity index (χ2n) is 7.89. The van der Waals surface area contributed by atoms with Crippen LogP contribution >= 0.6 is 23.1 Å². The van der Waals surface area contributed by atoms with Crippen LogP contribution in [0.25, 0.3) is 10.9 Å². The number of aromatic nitrogens is 3. The van der Waals surface area contributed by atoms with E-state index < -0.39 is 0 Å². The smallest absolute Gasteiger partial charge is 0.203 e. The lowest BCUT2D eigenvalue weighted by atomic mass is 10.0. The fraction of sp³-hybridized carbons (Fsp3) is 0.421. The van der Waals surface area contributed by atoms with E-state index in [1.165, 1.54) is 11.5 Å². The molecule has 6 heteroatoms. The molecule has 0 saturated heterocycles. The quantitative estimate of drug-likeness (QED) is 0.600. The monoisotopic (exact) mass is 373 g/mol. The molecule has 0 spiro atoms. The van der Waals surface area contributed by atoms with Gasteiger partial charge in [0.05, 0.1) is 6.54 Å². The summed E-state index contributed by atoms with van der Waals surface area (Å²) in [7, 11) is 0. The van der Waals surface area contributed by atoms with Gasteiger partial charge in [-0.2, -0.15) is 4.37 Å². The molecule has 1 fully saturated rings. The largest absolute Gasteiger partial charge is 0.339 e. The van der Waals surface area contributed by atoms with Crippen molar-refractivity contribution in [3.8, 4) is 0 Å². The summed E-state index contributed by atoms with van der Waals surface area (Å²) in [6.07, 6.45) is 1.95. The first-order chi connectivity index (χ1) is 11.7. The lowest BCUT2D eigenvalue weighted by Gasteiger charge is -2.03. The van der Waals surface area contributed by atoms with Crippen LogP contribution in [0.4, 0.5) is 0 Å². The number of rotatable bonds is 4. The molecule has 0 N–H and O–H groups in total. The molecule has 0 aliphatic heterocycles. The number of fused-ring (bicyclic) bond motifs is 1. The summed E-state index contributed by atoms with van der Waals surface area (Å²) in [5.74, 6) is 0.946. The molecular weight excluding hydrogens is 354 g/mol. The van der Waals surface area contributed by atoms with Gasteiger partial charge in [-0.15, -0.1) is 0 Å². The number of Topliss-reactive ketones (excluding diaryl/α,β-unsaturated/α-hetero) is 1. The van der Waals surface area contributed by atoms with E-state index in [2.05, 4.69) is 37.1 Å². The molecule has 3 aromatic rings. The van der Waals surface area contributed by atoms with Gasteiger partial charge in [0, 0.05) is 28.6 Å². The summed E-state index contributed by atoms with van der Waals surface area (Å²) in [6, 6.07) is 8.01. The van der Waals surface area contributed by atoms with Crippen LogP contribution in [0.2, 0.25) is 4.47 Å². The van der Waals surface area contributed by atoms with Crippen molar-refractivity contribution < 1.29 is 4.79 Å². The minimum atomic E-state index is 0.0251. The molecule has 0 unspecified atom stereocenters. The first kappa shape index (κ1) is 16.7. The Kier molecular flexibility index (Phi) is 3.61. The Balaban J connectivity index is 1.77. The average molecular weight is 374 g/mol. The highest BCUT2D eigenvalue weighted by molar-refractivity contribution is 7.10. The number of carbonyl (C=O) groups is 1. The molecule has 25 heavy (non-hydrogen) atoms. The minimum absolute atomic E-state index is 0.0251. The Morgan fingerprint density at radius 2 is 1.92 bits per heavy atom. The molecule has 4 nitrogen and oxygen atoms in total. The molecule has 2 aromatic heterocycles. The fourth-order valence-corrected chi connectivity index (χ4v) is 4.66. The zero-order valence-corrected chi connectivity index (χ0v) is 16.3. The fourth-order valence-electron chi connectivity index (χ4n) is 4.03. The van der Waals surface area contributed by atoms with Crippen LogP contribution in [0.15, 0.2) is 30.5 Å². The highest BCUT2D eigenvalue weighted by atomic mass is 35.5. The van der Waals surface area contributed by atoms with Crippen molar-refractivity contribution in [3.63, 3.8) is 0 Å². The normalized spacial score (nSPS) is 18.6. The molecule has 1 aromatic carbocycles. The Labute approximate surface area is 156 Å². The van der Waals surface area contributed by atoms with Crippen LogP contribution in [0.3, 0.4) is 0 Å². The second-order valence-corrected chi connectivity index (χ2v) is 9.23. The van der Waals surface area contributed by atoms with Gasteiger partial charge in [-0.25, -0.2) is 4.98 Å². The first-order valence-corrected chi connectivity index (χ1v) is 9.49. The van der Waals surface area contributed by atoms with Crippen LogP contribution in [-0.2, 0) is 6.54 Å². The topological polar surface area (TPSA) is 47.8 Å².